The summed E-state index contributed by atoms with van der Waals surface area (Å²) in [5.41, 5.74) is 4.16. The van der Waals surface area contributed by atoms with Gasteiger partial charge in [0.05, 0.1) is 6.04 Å². The summed E-state index contributed by atoms with van der Waals surface area (Å²) in [6, 6.07) is 16.5. The smallest absolute Gasteiger partial charge is 0.254 e. The number of carbonyl (C=O) groups is 2. The van der Waals surface area contributed by atoms with E-state index >= 15 is 0 Å². The van der Waals surface area contributed by atoms with Crippen molar-refractivity contribution in [3.63, 3.8) is 0 Å². The monoisotopic (exact) mass is 360 g/mol. The predicted molar refractivity (Wildman–Crippen MR) is 104 cm³/mol. The summed E-state index contributed by atoms with van der Waals surface area (Å²) in [4.78, 5) is 27.3. The molecule has 0 spiro atoms. The number of rotatable bonds is 5. The number of nitrogens with one attached hydrogen (secondary N) is 1. The average molecular weight is 360 g/mol. The van der Waals surface area contributed by atoms with E-state index in [1.165, 1.54) is 11.1 Å². The lowest BCUT2D eigenvalue weighted by molar-refractivity contribution is -0.117. The molecule has 0 heterocycles. The molecule has 1 N–H and O–H groups in total. The summed E-state index contributed by atoms with van der Waals surface area (Å²) in [5.74, 6) is 0.384. The van der Waals surface area contributed by atoms with Crippen LogP contribution in [0.15, 0.2) is 48.5 Å². The molecule has 2 aromatic carbocycles. The third-order valence-corrected chi connectivity index (χ3v) is 5.96. The molecule has 0 radical (unpaired) electrons. The van der Waals surface area contributed by atoms with Crippen LogP contribution in [0.2, 0.25) is 0 Å². The van der Waals surface area contributed by atoms with E-state index in [-0.39, 0.29) is 23.8 Å². The highest BCUT2D eigenvalue weighted by molar-refractivity contribution is 5.97. The largest absolute Gasteiger partial charge is 0.329 e. The summed E-state index contributed by atoms with van der Waals surface area (Å²) in [6.07, 6.45) is 6.23. The van der Waals surface area contributed by atoms with E-state index in [2.05, 4.69) is 34.5 Å². The van der Waals surface area contributed by atoms with Gasteiger partial charge in [-0.2, -0.15) is 0 Å². The van der Waals surface area contributed by atoms with Crippen molar-refractivity contribution < 1.29 is 9.59 Å². The van der Waals surface area contributed by atoms with Crippen LogP contribution in [0.4, 0.5) is 5.69 Å². The second-order valence-corrected chi connectivity index (χ2v) is 8.04. The third-order valence-electron chi connectivity index (χ3n) is 5.96. The molecule has 27 heavy (non-hydrogen) atoms. The molecule has 4 nitrogen and oxygen atoms in total. The Morgan fingerprint density at radius 3 is 2.33 bits per heavy atom. The lowest BCUT2D eigenvalue weighted by atomic mass is 10.0. The molecule has 3 aliphatic carbocycles. The van der Waals surface area contributed by atoms with Crippen LogP contribution in [0.5, 0.6) is 0 Å². The van der Waals surface area contributed by atoms with E-state index in [4.69, 9.17) is 0 Å². The van der Waals surface area contributed by atoms with Gasteiger partial charge in [-0.1, -0.05) is 24.3 Å². The summed E-state index contributed by atoms with van der Waals surface area (Å²) < 4.78 is 0. The van der Waals surface area contributed by atoms with Crippen molar-refractivity contribution in [2.45, 2.75) is 50.6 Å². The van der Waals surface area contributed by atoms with Gasteiger partial charge in [-0.3, -0.25) is 9.59 Å². The molecular weight excluding hydrogens is 336 g/mol. The highest BCUT2D eigenvalue weighted by atomic mass is 16.2. The molecule has 1 unspecified atom stereocenters. The van der Waals surface area contributed by atoms with Crippen LogP contribution in [0, 0.1) is 5.92 Å². The fourth-order valence-corrected chi connectivity index (χ4v) is 4.17. The first-order valence-electron chi connectivity index (χ1n) is 10.0. The van der Waals surface area contributed by atoms with Gasteiger partial charge >= 0.3 is 0 Å². The van der Waals surface area contributed by atoms with Crippen molar-refractivity contribution in [3.8, 4) is 0 Å². The van der Waals surface area contributed by atoms with Crippen molar-refractivity contribution in [1.82, 2.24) is 4.90 Å². The van der Waals surface area contributed by atoms with Crippen LogP contribution in [-0.2, 0) is 11.2 Å². The number of aryl methyl sites for hydroxylation is 1. The van der Waals surface area contributed by atoms with Crippen molar-refractivity contribution in [1.29, 1.82) is 0 Å². The maximum absolute atomic E-state index is 13.3. The van der Waals surface area contributed by atoms with E-state index in [1.807, 2.05) is 24.3 Å². The van der Waals surface area contributed by atoms with E-state index < -0.39 is 0 Å². The van der Waals surface area contributed by atoms with Gasteiger partial charge in [-0.25, -0.2) is 0 Å². The molecule has 0 aromatic heterocycles. The molecular formula is C23H24N2O2. The molecule has 1 atom stereocenters. The van der Waals surface area contributed by atoms with Crippen molar-refractivity contribution in [2.75, 3.05) is 5.32 Å². The first kappa shape index (κ1) is 16.5. The van der Waals surface area contributed by atoms with Gasteiger partial charge in [0.1, 0.15) is 0 Å². The fraction of sp³-hybridized carbons (Fsp3) is 0.391. The standard InChI is InChI=1S/C23H24N2O2/c26-22(16-5-6-16)24-18-10-7-17(8-11-18)23(27)25(19-12-13-19)21-14-9-15-3-1-2-4-20(15)21/h1-4,7-8,10-11,16,19,21H,5-6,9,12-14H2,(H,24,26). The first-order chi connectivity index (χ1) is 13.2. The maximum atomic E-state index is 13.3. The molecule has 3 aliphatic rings. The highest BCUT2D eigenvalue weighted by Crippen LogP contribution is 2.42. The highest BCUT2D eigenvalue weighted by Gasteiger charge is 2.40. The molecule has 2 fully saturated rings. The van der Waals surface area contributed by atoms with Crippen molar-refractivity contribution >= 4 is 17.5 Å². The Bertz CT molecular complexity index is 882. The number of fused-ring (bicyclic) bond motifs is 1. The number of hydrogen-bond acceptors (Lipinski definition) is 2. The quantitative estimate of drug-likeness (QED) is 0.863. The SMILES string of the molecule is O=C(Nc1ccc(C(=O)N(C2CC2)C2CCc3ccccc32)cc1)C1CC1. The lowest BCUT2D eigenvalue weighted by Gasteiger charge is -2.30. The minimum absolute atomic E-state index is 0.0937. The molecule has 2 saturated carbocycles. The first-order valence-corrected chi connectivity index (χ1v) is 10.0. The number of carbonyl (C=O) groups excluding carboxylic acids is 2. The minimum Gasteiger partial charge on any atom is -0.329 e. The predicted octanol–water partition coefficient (Wildman–Crippen LogP) is 4.33. The van der Waals surface area contributed by atoms with E-state index in [9.17, 15) is 9.59 Å². The van der Waals surface area contributed by atoms with Crippen LogP contribution < -0.4 is 5.32 Å². The van der Waals surface area contributed by atoms with Gasteiger partial charge in [-0.15, -0.1) is 0 Å². The Kier molecular flexibility index (Phi) is 4.00. The second-order valence-electron chi connectivity index (χ2n) is 8.04. The maximum Gasteiger partial charge on any atom is 0.254 e. The van der Waals surface area contributed by atoms with Gasteiger partial charge in [0.15, 0.2) is 0 Å². The van der Waals surface area contributed by atoms with Crippen LogP contribution in [0.1, 0.15) is 59.6 Å². The zero-order valence-electron chi connectivity index (χ0n) is 15.4. The van der Waals surface area contributed by atoms with Gasteiger partial charge in [0.2, 0.25) is 5.91 Å². The Morgan fingerprint density at radius 2 is 1.63 bits per heavy atom. The molecule has 138 valence electrons. The lowest BCUT2D eigenvalue weighted by Crippen LogP contribution is -2.36. The Labute approximate surface area is 159 Å². The van der Waals surface area contributed by atoms with Crippen molar-refractivity contribution in [3.05, 3.63) is 65.2 Å². The van der Waals surface area contributed by atoms with Crippen LogP contribution in [-0.4, -0.2) is 22.8 Å². The van der Waals surface area contributed by atoms with Gasteiger partial charge in [-0.05, 0) is 73.9 Å². The van der Waals surface area contributed by atoms with Crippen LogP contribution in [0.3, 0.4) is 0 Å². The number of hydrogen-bond donors (Lipinski definition) is 1. The number of amides is 2. The van der Waals surface area contributed by atoms with E-state index in [1.54, 1.807) is 0 Å². The van der Waals surface area contributed by atoms with Gasteiger partial charge in [0.25, 0.3) is 5.91 Å². The second kappa shape index (κ2) is 6.52. The van der Waals surface area contributed by atoms with Crippen LogP contribution >= 0.6 is 0 Å². The Balaban J connectivity index is 1.36. The topological polar surface area (TPSA) is 49.4 Å². The number of benzene rings is 2. The minimum atomic E-state index is 0.0937. The molecule has 2 aromatic rings. The van der Waals surface area contributed by atoms with Gasteiger partial charge < -0.3 is 10.2 Å². The molecule has 2 amide bonds. The average Bonchev–Trinajstić information content (AvgIpc) is 3.60. The van der Waals surface area contributed by atoms with Gasteiger partial charge in [0, 0.05) is 23.2 Å². The third kappa shape index (κ3) is 3.25. The summed E-state index contributed by atoms with van der Waals surface area (Å²) in [7, 11) is 0. The fourth-order valence-electron chi connectivity index (χ4n) is 4.17. The summed E-state index contributed by atoms with van der Waals surface area (Å²) in [6.45, 7) is 0. The Hall–Kier alpha value is -2.62. The molecule has 4 heteroatoms. The number of nitrogens with zero attached hydrogens (tertiary/aromatic N) is 1. The Morgan fingerprint density at radius 1 is 0.889 bits per heavy atom. The zero-order valence-corrected chi connectivity index (χ0v) is 15.4. The van der Waals surface area contributed by atoms with E-state index in [0.717, 1.165) is 44.2 Å². The molecule has 0 bridgehead atoms. The number of anilines is 1. The normalized spacial score (nSPS) is 20.8. The van der Waals surface area contributed by atoms with Crippen LogP contribution in [0.25, 0.3) is 0 Å². The molecule has 0 saturated heterocycles. The molecule has 0 aliphatic heterocycles. The summed E-state index contributed by atoms with van der Waals surface area (Å²) in [5, 5.41) is 2.94. The molecule has 5 rings (SSSR count). The zero-order chi connectivity index (χ0) is 18.4. The van der Waals surface area contributed by atoms with Crippen molar-refractivity contribution in [2.24, 2.45) is 5.92 Å². The van der Waals surface area contributed by atoms with E-state index in [0.29, 0.717) is 11.6 Å². The summed E-state index contributed by atoms with van der Waals surface area (Å²) >= 11 is 0.